The van der Waals surface area contributed by atoms with E-state index in [2.05, 4.69) is 58.2 Å². The molecule has 4 aromatic rings. The fourth-order valence-corrected chi connectivity index (χ4v) is 5.63. The van der Waals surface area contributed by atoms with Crippen LogP contribution in [0.1, 0.15) is 54.1 Å². The van der Waals surface area contributed by atoms with Crippen molar-refractivity contribution in [2.24, 2.45) is 5.92 Å². The number of amides is 1. The molecule has 2 aromatic carbocycles. The van der Waals surface area contributed by atoms with E-state index in [4.69, 9.17) is 4.98 Å². The number of hydrogen-bond acceptors (Lipinski definition) is 4. The van der Waals surface area contributed by atoms with Crippen LogP contribution in [0.25, 0.3) is 11.0 Å². The van der Waals surface area contributed by atoms with Crippen LogP contribution in [0.15, 0.2) is 78.2 Å². The van der Waals surface area contributed by atoms with Gasteiger partial charge in [0.1, 0.15) is 0 Å². The van der Waals surface area contributed by atoms with E-state index in [0.29, 0.717) is 12.0 Å². The largest absolute Gasteiger partial charge is 0.349 e. The number of hydrogen-bond donors (Lipinski definition) is 1. The Morgan fingerprint density at radius 1 is 1.03 bits per heavy atom. The number of carbonyl (C=O) groups excluding carboxylic acids is 1. The van der Waals surface area contributed by atoms with Crippen LogP contribution < -0.4 is 5.32 Å². The fourth-order valence-electron chi connectivity index (χ4n) is 4.66. The molecule has 0 bridgehead atoms. The number of rotatable bonds is 7. The maximum Gasteiger partial charge on any atom is 0.251 e. The standard InChI is InChI=1S/C28H30N4OS/c1-20-7-5-6-10-24(20)30-27(33)23-13-11-22(12-14-23)19-34-28-31-25-15-16-29-17-26(25)32(28)18-21-8-3-2-4-9-21/h2-4,8-9,11-17,20,24H,5-7,10,18-19H2,1H3,(H,30,33)/t20-,24-/m0/s1. The van der Waals surface area contributed by atoms with Gasteiger partial charge in [-0.1, -0.05) is 74.0 Å². The van der Waals surface area contributed by atoms with Crippen molar-refractivity contribution in [2.75, 3.05) is 0 Å². The molecule has 0 unspecified atom stereocenters. The van der Waals surface area contributed by atoms with Gasteiger partial charge < -0.3 is 9.88 Å². The van der Waals surface area contributed by atoms with Gasteiger partial charge >= 0.3 is 0 Å². The molecular weight excluding hydrogens is 440 g/mol. The van der Waals surface area contributed by atoms with E-state index < -0.39 is 0 Å². The van der Waals surface area contributed by atoms with Gasteiger partial charge in [-0.25, -0.2) is 4.98 Å². The number of carbonyl (C=O) groups is 1. The van der Waals surface area contributed by atoms with Gasteiger partial charge in [0, 0.05) is 23.6 Å². The zero-order chi connectivity index (χ0) is 23.3. The Morgan fingerprint density at radius 3 is 2.62 bits per heavy atom. The van der Waals surface area contributed by atoms with Crippen molar-refractivity contribution in [2.45, 2.75) is 56.1 Å². The van der Waals surface area contributed by atoms with Crippen LogP contribution in [-0.2, 0) is 12.3 Å². The van der Waals surface area contributed by atoms with E-state index in [1.165, 1.54) is 30.4 Å². The van der Waals surface area contributed by atoms with Crippen molar-refractivity contribution in [1.82, 2.24) is 19.9 Å². The third-order valence-electron chi connectivity index (χ3n) is 6.71. The first-order valence-electron chi connectivity index (χ1n) is 12.0. The highest BCUT2D eigenvalue weighted by molar-refractivity contribution is 7.98. The molecule has 34 heavy (non-hydrogen) atoms. The molecule has 1 aliphatic rings. The predicted octanol–water partition coefficient (Wildman–Crippen LogP) is 6.08. The summed E-state index contributed by atoms with van der Waals surface area (Å²) in [6, 6.07) is 20.7. The molecule has 1 N–H and O–H groups in total. The van der Waals surface area contributed by atoms with Crippen LogP contribution >= 0.6 is 11.8 Å². The Bertz CT molecular complexity index is 1250. The molecule has 2 aromatic heterocycles. The number of benzene rings is 2. The van der Waals surface area contributed by atoms with Crippen LogP contribution in [0, 0.1) is 5.92 Å². The summed E-state index contributed by atoms with van der Waals surface area (Å²) in [6.45, 7) is 3.00. The van der Waals surface area contributed by atoms with Crippen molar-refractivity contribution < 1.29 is 4.79 Å². The summed E-state index contributed by atoms with van der Waals surface area (Å²) in [7, 11) is 0. The number of nitrogens with zero attached hydrogens (tertiary/aromatic N) is 3. The molecule has 6 heteroatoms. The van der Waals surface area contributed by atoms with Crippen molar-refractivity contribution in [1.29, 1.82) is 0 Å². The summed E-state index contributed by atoms with van der Waals surface area (Å²) in [5, 5.41) is 4.22. The molecule has 174 valence electrons. The topological polar surface area (TPSA) is 59.8 Å². The van der Waals surface area contributed by atoms with E-state index in [1.807, 2.05) is 30.5 Å². The first-order valence-corrected chi connectivity index (χ1v) is 13.0. The highest BCUT2D eigenvalue weighted by atomic mass is 32.2. The number of aromatic nitrogens is 3. The summed E-state index contributed by atoms with van der Waals surface area (Å²) in [6.07, 6.45) is 8.43. The molecular formula is C28H30N4OS. The predicted molar refractivity (Wildman–Crippen MR) is 138 cm³/mol. The van der Waals surface area contributed by atoms with E-state index in [9.17, 15) is 4.79 Å². The zero-order valence-electron chi connectivity index (χ0n) is 19.5. The van der Waals surface area contributed by atoms with E-state index >= 15 is 0 Å². The van der Waals surface area contributed by atoms with Gasteiger partial charge in [0.2, 0.25) is 0 Å². The Kier molecular flexibility index (Phi) is 6.95. The molecule has 0 radical (unpaired) electrons. The van der Waals surface area contributed by atoms with Gasteiger partial charge in [-0.15, -0.1) is 0 Å². The number of imidazole rings is 1. The number of thioether (sulfide) groups is 1. The molecule has 1 amide bonds. The Balaban J connectivity index is 1.27. The van der Waals surface area contributed by atoms with Gasteiger partial charge in [0.15, 0.2) is 5.16 Å². The third kappa shape index (κ3) is 5.17. The van der Waals surface area contributed by atoms with Gasteiger partial charge in [-0.05, 0) is 48.1 Å². The van der Waals surface area contributed by atoms with Crippen molar-refractivity contribution >= 4 is 28.7 Å². The summed E-state index contributed by atoms with van der Waals surface area (Å²) in [5.74, 6) is 1.38. The lowest BCUT2D eigenvalue weighted by Crippen LogP contribution is -2.41. The average Bonchev–Trinajstić information content (AvgIpc) is 3.22. The number of nitrogens with one attached hydrogen (secondary N) is 1. The first kappa shape index (κ1) is 22.7. The minimum Gasteiger partial charge on any atom is -0.349 e. The van der Waals surface area contributed by atoms with Crippen LogP contribution in [0.5, 0.6) is 0 Å². The highest BCUT2D eigenvalue weighted by Gasteiger charge is 2.23. The zero-order valence-corrected chi connectivity index (χ0v) is 20.3. The molecule has 1 aliphatic carbocycles. The maximum atomic E-state index is 12.7. The summed E-state index contributed by atoms with van der Waals surface area (Å²) in [5.41, 5.74) is 5.13. The van der Waals surface area contributed by atoms with Crippen molar-refractivity contribution in [3.8, 4) is 0 Å². The lowest BCUT2D eigenvalue weighted by Gasteiger charge is -2.29. The molecule has 1 saturated carbocycles. The van der Waals surface area contributed by atoms with Gasteiger partial charge in [0.25, 0.3) is 5.91 Å². The molecule has 0 saturated heterocycles. The Hall–Kier alpha value is -3.12. The van der Waals surface area contributed by atoms with Crippen LogP contribution in [0.2, 0.25) is 0 Å². The smallest absolute Gasteiger partial charge is 0.251 e. The quantitative estimate of drug-likeness (QED) is 0.333. The lowest BCUT2D eigenvalue weighted by atomic mass is 9.86. The van der Waals surface area contributed by atoms with Crippen LogP contribution in [-0.4, -0.2) is 26.5 Å². The third-order valence-corrected chi connectivity index (χ3v) is 7.76. The van der Waals surface area contributed by atoms with E-state index in [0.717, 1.165) is 40.5 Å². The molecule has 5 rings (SSSR count). The van der Waals surface area contributed by atoms with Crippen LogP contribution in [0.4, 0.5) is 0 Å². The molecule has 5 nitrogen and oxygen atoms in total. The van der Waals surface area contributed by atoms with Crippen molar-refractivity contribution in [3.63, 3.8) is 0 Å². The van der Waals surface area contributed by atoms with Gasteiger partial charge in [0.05, 0.1) is 23.8 Å². The highest BCUT2D eigenvalue weighted by Crippen LogP contribution is 2.28. The lowest BCUT2D eigenvalue weighted by molar-refractivity contribution is 0.0910. The Morgan fingerprint density at radius 2 is 1.82 bits per heavy atom. The monoisotopic (exact) mass is 470 g/mol. The van der Waals surface area contributed by atoms with Gasteiger partial charge in [-0.3, -0.25) is 9.78 Å². The molecule has 2 heterocycles. The summed E-state index contributed by atoms with van der Waals surface area (Å²) in [4.78, 5) is 21.9. The minimum absolute atomic E-state index is 0.0371. The van der Waals surface area contributed by atoms with Crippen LogP contribution in [0.3, 0.4) is 0 Å². The molecule has 0 spiro atoms. The molecule has 1 fully saturated rings. The van der Waals surface area contributed by atoms with Crippen molar-refractivity contribution in [3.05, 3.63) is 89.7 Å². The second-order valence-corrected chi connectivity index (χ2v) is 10.1. The second kappa shape index (κ2) is 10.4. The van der Waals surface area contributed by atoms with E-state index in [-0.39, 0.29) is 5.91 Å². The fraction of sp³-hybridized carbons (Fsp3) is 0.321. The molecule has 0 aliphatic heterocycles. The maximum absolute atomic E-state index is 12.7. The second-order valence-electron chi connectivity index (χ2n) is 9.16. The first-order chi connectivity index (χ1) is 16.7. The van der Waals surface area contributed by atoms with E-state index in [1.54, 1.807) is 18.0 Å². The van der Waals surface area contributed by atoms with Gasteiger partial charge in [-0.2, -0.15) is 0 Å². The number of fused-ring (bicyclic) bond motifs is 1. The number of pyridine rings is 1. The Labute approximate surface area is 205 Å². The minimum atomic E-state index is 0.0371. The average molecular weight is 471 g/mol. The normalized spacial score (nSPS) is 18.1. The summed E-state index contributed by atoms with van der Waals surface area (Å²) < 4.78 is 2.23. The SMILES string of the molecule is C[C@H]1CCCC[C@@H]1NC(=O)c1ccc(CSc2nc3ccncc3n2Cc2ccccc2)cc1. The molecule has 2 atom stereocenters. The summed E-state index contributed by atoms with van der Waals surface area (Å²) >= 11 is 1.71.